The second-order valence-electron chi connectivity index (χ2n) is 4.73. The van der Waals surface area contributed by atoms with Crippen LogP contribution in [0.25, 0.3) is 0 Å². The predicted octanol–water partition coefficient (Wildman–Crippen LogP) is -0.0707. The van der Waals surface area contributed by atoms with E-state index in [1.54, 1.807) is 11.6 Å². The van der Waals surface area contributed by atoms with E-state index in [2.05, 4.69) is 14.9 Å². The number of rotatable bonds is 7. The fourth-order valence-electron chi connectivity index (χ4n) is 1.95. The predicted molar refractivity (Wildman–Crippen MR) is 79.4 cm³/mol. The average molecular weight is 340 g/mol. The standard InChI is InChI=1S/C13H16N4O5S/c1-17-8-14-16-12(17)7-15-23(20,21)11-4-3-10(22-2)5-9(11)6-13(18)19/h3-5,8,15H,6-7H2,1-2H3,(H,18,19). The van der Waals surface area contributed by atoms with Crippen molar-refractivity contribution < 1.29 is 23.1 Å². The molecule has 124 valence electrons. The second kappa shape index (κ2) is 6.75. The van der Waals surface area contributed by atoms with Gasteiger partial charge in [0.1, 0.15) is 17.9 Å². The topological polar surface area (TPSA) is 123 Å². The Hall–Kier alpha value is -2.46. The normalized spacial score (nSPS) is 11.4. The van der Waals surface area contributed by atoms with Gasteiger partial charge in [-0.15, -0.1) is 10.2 Å². The molecule has 23 heavy (non-hydrogen) atoms. The number of nitrogens with one attached hydrogen (secondary N) is 1. The van der Waals surface area contributed by atoms with Gasteiger partial charge < -0.3 is 14.4 Å². The summed E-state index contributed by atoms with van der Waals surface area (Å²) >= 11 is 0. The van der Waals surface area contributed by atoms with Crippen LogP contribution in [0.4, 0.5) is 0 Å². The number of aryl methyl sites for hydroxylation is 1. The smallest absolute Gasteiger partial charge is 0.307 e. The Morgan fingerprint density at radius 2 is 2.17 bits per heavy atom. The Morgan fingerprint density at radius 3 is 2.74 bits per heavy atom. The Kier molecular flexibility index (Phi) is 4.96. The van der Waals surface area contributed by atoms with Crippen molar-refractivity contribution in [3.63, 3.8) is 0 Å². The van der Waals surface area contributed by atoms with Crippen molar-refractivity contribution in [3.05, 3.63) is 35.9 Å². The fourth-order valence-corrected chi connectivity index (χ4v) is 3.15. The van der Waals surface area contributed by atoms with Crippen molar-refractivity contribution in [1.82, 2.24) is 19.5 Å². The van der Waals surface area contributed by atoms with Crippen molar-refractivity contribution in [2.24, 2.45) is 7.05 Å². The van der Waals surface area contributed by atoms with Crippen LogP contribution < -0.4 is 9.46 Å². The van der Waals surface area contributed by atoms with E-state index in [0.29, 0.717) is 11.6 Å². The van der Waals surface area contributed by atoms with Crippen molar-refractivity contribution >= 4 is 16.0 Å². The van der Waals surface area contributed by atoms with Crippen molar-refractivity contribution in [2.45, 2.75) is 17.9 Å². The van der Waals surface area contributed by atoms with Crippen LogP contribution in [0.15, 0.2) is 29.4 Å². The molecule has 0 spiro atoms. The number of methoxy groups -OCH3 is 1. The zero-order valence-corrected chi connectivity index (χ0v) is 13.4. The lowest BCUT2D eigenvalue weighted by Crippen LogP contribution is -2.26. The van der Waals surface area contributed by atoms with Crippen LogP contribution in [0.2, 0.25) is 0 Å². The van der Waals surface area contributed by atoms with Crippen LogP contribution in [-0.4, -0.2) is 41.4 Å². The van der Waals surface area contributed by atoms with Gasteiger partial charge in [-0.2, -0.15) is 0 Å². The van der Waals surface area contributed by atoms with Crippen LogP contribution in [-0.2, 0) is 34.8 Å². The number of nitrogens with zero attached hydrogens (tertiary/aromatic N) is 3. The molecule has 0 saturated carbocycles. The molecule has 0 bridgehead atoms. The van der Waals surface area contributed by atoms with Crippen molar-refractivity contribution in [3.8, 4) is 5.75 Å². The van der Waals surface area contributed by atoms with E-state index in [1.165, 1.54) is 31.6 Å². The number of ether oxygens (including phenoxy) is 1. The Morgan fingerprint density at radius 1 is 1.43 bits per heavy atom. The third-order valence-corrected chi connectivity index (χ3v) is 4.63. The zero-order chi connectivity index (χ0) is 17.0. The molecule has 2 N–H and O–H groups in total. The van der Waals surface area contributed by atoms with E-state index < -0.39 is 22.4 Å². The molecular weight excluding hydrogens is 324 g/mol. The first-order valence-corrected chi connectivity index (χ1v) is 8.03. The van der Waals surface area contributed by atoms with Crippen molar-refractivity contribution in [2.75, 3.05) is 7.11 Å². The molecule has 0 saturated heterocycles. The molecular formula is C13H16N4O5S. The number of aliphatic carboxylic acids is 1. The van der Waals surface area contributed by atoms with Crippen LogP contribution in [0.3, 0.4) is 0 Å². The number of carbonyl (C=O) groups is 1. The molecule has 1 aromatic carbocycles. The molecule has 0 amide bonds. The highest BCUT2D eigenvalue weighted by molar-refractivity contribution is 7.89. The van der Waals surface area contributed by atoms with Gasteiger partial charge >= 0.3 is 5.97 Å². The first-order chi connectivity index (χ1) is 10.8. The van der Waals surface area contributed by atoms with E-state index in [1.807, 2.05) is 0 Å². The maximum absolute atomic E-state index is 12.4. The van der Waals surface area contributed by atoms with Gasteiger partial charge in [-0.25, -0.2) is 13.1 Å². The quantitative estimate of drug-likeness (QED) is 0.723. The minimum absolute atomic E-state index is 0.0582. The van der Waals surface area contributed by atoms with Gasteiger partial charge in [-0.1, -0.05) is 0 Å². The van der Waals surface area contributed by atoms with Crippen LogP contribution in [0, 0.1) is 0 Å². The molecule has 1 aromatic heterocycles. The second-order valence-corrected chi connectivity index (χ2v) is 6.46. The first-order valence-electron chi connectivity index (χ1n) is 6.54. The molecule has 0 unspecified atom stereocenters. The highest BCUT2D eigenvalue weighted by Gasteiger charge is 2.21. The molecule has 0 atom stereocenters. The summed E-state index contributed by atoms with van der Waals surface area (Å²) in [7, 11) is -0.800. The van der Waals surface area contributed by atoms with E-state index in [4.69, 9.17) is 9.84 Å². The molecule has 9 nitrogen and oxygen atoms in total. The average Bonchev–Trinajstić information content (AvgIpc) is 2.89. The molecule has 0 radical (unpaired) electrons. The lowest BCUT2D eigenvalue weighted by molar-refractivity contribution is -0.136. The number of hydrogen-bond donors (Lipinski definition) is 2. The minimum atomic E-state index is -3.90. The number of hydrogen-bond acceptors (Lipinski definition) is 6. The number of aromatic nitrogens is 3. The van der Waals surface area contributed by atoms with E-state index >= 15 is 0 Å². The summed E-state index contributed by atoms with van der Waals surface area (Å²) in [6.07, 6.45) is 1.02. The summed E-state index contributed by atoms with van der Waals surface area (Å²) in [4.78, 5) is 10.9. The zero-order valence-electron chi connectivity index (χ0n) is 12.6. The highest BCUT2D eigenvalue weighted by Crippen LogP contribution is 2.22. The molecule has 0 fully saturated rings. The first kappa shape index (κ1) is 16.9. The van der Waals surface area contributed by atoms with E-state index in [9.17, 15) is 13.2 Å². The van der Waals surface area contributed by atoms with Gasteiger partial charge in [0.2, 0.25) is 10.0 Å². The number of benzene rings is 1. The minimum Gasteiger partial charge on any atom is -0.497 e. The van der Waals surface area contributed by atoms with Gasteiger partial charge in [-0.3, -0.25) is 4.79 Å². The molecule has 1 heterocycles. The van der Waals surface area contributed by atoms with Crippen LogP contribution in [0.1, 0.15) is 11.4 Å². The Balaban J connectivity index is 2.30. The SMILES string of the molecule is COc1ccc(S(=O)(=O)NCc2nncn2C)c(CC(=O)O)c1. The molecule has 10 heteroatoms. The maximum Gasteiger partial charge on any atom is 0.307 e. The Bertz CT molecular complexity index is 816. The molecule has 0 aliphatic carbocycles. The summed E-state index contributed by atoms with van der Waals surface area (Å²) in [5.41, 5.74) is 0.141. The number of carboxylic acids is 1. The lowest BCUT2D eigenvalue weighted by Gasteiger charge is -2.11. The number of sulfonamides is 1. The molecule has 0 aliphatic heterocycles. The Labute approximate surface area is 133 Å². The van der Waals surface area contributed by atoms with Crippen molar-refractivity contribution in [1.29, 1.82) is 0 Å². The lowest BCUT2D eigenvalue weighted by atomic mass is 10.1. The summed E-state index contributed by atoms with van der Waals surface area (Å²) < 4.78 is 33.8. The summed E-state index contributed by atoms with van der Waals surface area (Å²) in [5, 5.41) is 16.4. The summed E-state index contributed by atoms with van der Waals surface area (Å²) in [6.45, 7) is -0.0582. The van der Waals surface area contributed by atoms with Gasteiger partial charge in [-0.05, 0) is 23.8 Å². The third kappa shape index (κ3) is 4.05. The molecule has 2 rings (SSSR count). The largest absolute Gasteiger partial charge is 0.497 e. The van der Waals surface area contributed by atoms with Crippen LogP contribution >= 0.6 is 0 Å². The van der Waals surface area contributed by atoms with Gasteiger partial charge in [0.25, 0.3) is 0 Å². The van der Waals surface area contributed by atoms with Gasteiger partial charge in [0, 0.05) is 7.05 Å². The summed E-state index contributed by atoms with van der Waals surface area (Å²) in [6, 6.07) is 4.17. The highest BCUT2D eigenvalue weighted by atomic mass is 32.2. The van der Waals surface area contributed by atoms with Crippen LogP contribution in [0.5, 0.6) is 5.75 Å². The maximum atomic E-state index is 12.4. The third-order valence-electron chi connectivity index (χ3n) is 3.12. The fraction of sp³-hybridized carbons (Fsp3) is 0.308. The van der Waals surface area contributed by atoms with Gasteiger partial charge in [0.15, 0.2) is 0 Å². The summed E-state index contributed by atoms with van der Waals surface area (Å²) in [5.74, 6) is -0.321. The van der Waals surface area contributed by atoms with Gasteiger partial charge in [0.05, 0.1) is 25.0 Å². The molecule has 2 aromatic rings. The molecule has 0 aliphatic rings. The number of carboxylic acid groups (broad SMARTS) is 1. The monoisotopic (exact) mass is 340 g/mol. The van der Waals surface area contributed by atoms with E-state index in [-0.39, 0.29) is 17.0 Å². The van der Waals surface area contributed by atoms with E-state index in [0.717, 1.165) is 0 Å².